The molecule has 11 aromatic rings. The molecule has 0 bridgehead atoms. The van der Waals surface area contributed by atoms with E-state index >= 15 is 0 Å². The fourth-order valence-electron chi connectivity index (χ4n) is 8.23. The molecule has 0 atom stereocenters. The Hall–Kier alpha value is -7.36. The first-order chi connectivity index (χ1) is 27.2. The molecule has 0 saturated heterocycles. The summed E-state index contributed by atoms with van der Waals surface area (Å²) >= 11 is 0. The maximum atomic E-state index is 6.20. The molecule has 0 amide bonds. The predicted octanol–water partition coefficient (Wildman–Crippen LogP) is 14.2. The molecule has 0 aliphatic heterocycles. The van der Waals surface area contributed by atoms with Crippen molar-refractivity contribution < 1.29 is 4.42 Å². The number of fused-ring (bicyclic) bond motifs is 7. The number of aromatic nitrogens is 2. The first-order valence-corrected chi connectivity index (χ1v) is 18.6. The van der Waals surface area contributed by atoms with E-state index in [1.807, 2.05) is 18.2 Å². The van der Waals surface area contributed by atoms with E-state index in [4.69, 9.17) is 14.4 Å². The standard InChI is InChI=1S/C52H32N2O/c1-2-12-33(13-3-1)34-22-24-36(25-23-34)52-53-47(42-19-9-8-17-40(42)38-27-29-50-46(31-38)43-20-10-11-21-49(43)55-50)32-48(54-52)51-41-18-7-5-15-37(41)30-45-39-16-6-4-14-35(39)26-28-44(45)51/h1-32H. The third kappa shape index (κ3) is 5.28. The number of furan rings is 1. The Morgan fingerprint density at radius 3 is 1.78 bits per heavy atom. The van der Waals surface area contributed by atoms with Gasteiger partial charge in [0.1, 0.15) is 11.2 Å². The number of para-hydroxylation sites is 1. The zero-order valence-corrected chi connectivity index (χ0v) is 29.8. The molecule has 0 aliphatic carbocycles. The lowest BCUT2D eigenvalue weighted by Crippen LogP contribution is -1.98. The van der Waals surface area contributed by atoms with Crippen LogP contribution in [0, 0.1) is 0 Å². The lowest BCUT2D eigenvalue weighted by molar-refractivity contribution is 0.669. The number of rotatable bonds is 5. The second-order valence-electron chi connectivity index (χ2n) is 14.1. The van der Waals surface area contributed by atoms with Gasteiger partial charge in [0.05, 0.1) is 11.4 Å². The minimum atomic E-state index is 0.681. The van der Waals surface area contributed by atoms with E-state index < -0.39 is 0 Å². The van der Waals surface area contributed by atoms with Crippen molar-refractivity contribution in [3.05, 3.63) is 194 Å². The van der Waals surface area contributed by atoms with Crippen molar-refractivity contribution in [1.82, 2.24) is 9.97 Å². The van der Waals surface area contributed by atoms with E-state index in [0.717, 1.165) is 77.5 Å². The minimum absolute atomic E-state index is 0.681. The van der Waals surface area contributed by atoms with Crippen LogP contribution in [0.3, 0.4) is 0 Å². The molecule has 0 radical (unpaired) electrons. The van der Waals surface area contributed by atoms with Crippen molar-refractivity contribution in [3.63, 3.8) is 0 Å². The Labute approximate surface area is 317 Å². The highest BCUT2D eigenvalue weighted by atomic mass is 16.3. The quantitative estimate of drug-likeness (QED) is 0.133. The van der Waals surface area contributed by atoms with Crippen molar-refractivity contribution in [1.29, 1.82) is 0 Å². The summed E-state index contributed by atoms with van der Waals surface area (Å²) in [7, 11) is 0. The molecular formula is C52H32N2O. The summed E-state index contributed by atoms with van der Waals surface area (Å²) in [5, 5.41) is 9.36. The van der Waals surface area contributed by atoms with Crippen molar-refractivity contribution in [3.8, 4) is 56.2 Å². The van der Waals surface area contributed by atoms with Crippen LogP contribution in [-0.2, 0) is 0 Å². The molecule has 9 aromatic carbocycles. The van der Waals surface area contributed by atoms with Gasteiger partial charge in [-0.3, -0.25) is 0 Å². The topological polar surface area (TPSA) is 38.9 Å². The van der Waals surface area contributed by atoms with Gasteiger partial charge in [-0.25, -0.2) is 9.97 Å². The van der Waals surface area contributed by atoms with Crippen LogP contribution in [0.5, 0.6) is 0 Å². The van der Waals surface area contributed by atoms with E-state index in [0.29, 0.717) is 5.82 Å². The van der Waals surface area contributed by atoms with E-state index in [9.17, 15) is 0 Å². The molecule has 0 fully saturated rings. The molecule has 0 N–H and O–H groups in total. The van der Waals surface area contributed by atoms with Gasteiger partial charge in [0.25, 0.3) is 0 Å². The van der Waals surface area contributed by atoms with Gasteiger partial charge in [0.15, 0.2) is 5.82 Å². The molecule has 0 spiro atoms. The Kier molecular flexibility index (Phi) is 7.17. The Balaban J connectivity index is 1.17. The molecule has 2 heterocycles. The average molecular weight is 701 g/mol. The van der Waals surface area contributed by atoms with Crippen molar-refractivity contribution in [2.45, 2.75) is 0 Å². The lowest BCUT2D eigenvalue weighted by atomic mass is 9.90. The summed E-state index contributed by atoms with van der Waals surface area (Å²) < 4.78 is 6.20. The van der Waals surface area contributed by atoms with Crippen LogP contribution in [0.1, 0.15) is 0 Å². The molecule has 0 saturated carbocycles. The maximum absolute atomic E-state index is 6.20. The van der Waals surface area contributed by atoms with Gasteiger partial charge in [-0.05, 0) is 84.9 Å². The van der Waals surface area contributed by atoms with Crippen LogP contribution < -0.4 is 0 Å². The Bertz CT molecular complexity index is 3250. The summed E-state index contributed by atoms with van der Waals surface area (Å²) in [5.41, 5.74) is 11.1. The van der Waals surface area contributed by atoms with Crippen LogP contribution in [0.15, 0.2) is 199 Å². The normalized spacial score (nSPS) is 11.6. The second kappa shape index (κ2) is 12.6. The van der Waals surface area contributed by atoms with Crippen molar-refractivity contribution in [2.75, 3.05) is 0 Å². The van der Waals surface area contributed by atoms with E-state index in [2.05, 4.69) is 176 Å². The van der Waals surface area contributed by atoms with E-state index in [1.165, 1.54) is 27.1 Å². The highest BCUT2D eigenvalue weighted by molar-refractivity contribution is 6.20. The molecule has 55 heavy (non-hydrogen) atoms. The van der Waals surface area contributed by atoms with Gasteiger partial charge in [-0.1, -0.05) is 164 Å². The molecule has 11 rings (SSSR count). The Morgan fingerprint density at radius 1 is 0.309 bits per heavy atom. The summed E-state index contributed by atoms with van der Waals surface area (Å²) in [6.45, 7) is 0. The van der Waals surface area contributed by atoms with E-state index in [-0.39, 0.29) is 0 Å². The van der Waals surface area contributed by atoms with Crippen LogP contribution in [0.2, 0.25) is 0 Å². The van der Waals surface area contributed by atoms with E-state index in [1.54, 1.807) is 0 Å². The van der Waals surface area contributed by atoms with Crippen molar-refractivity contribution >= 4 is 54.3 Å². The highest BCUT2D eigenvalue weighted by Crippen LogP contribution is 2.42. The molecule has 0 aliphatic rings. The van der Waals surface area contributed by atoms with Gasteiger partial charge in [-0.15, -0.1) is 0 Å². The summed E-state index contributed by atoms with van der Waals surface area (Å²) in [6.07, 6.45) is 0. The molecule has 2 aromatic heterocycles. The minimum Gasteiger partial charge on any atom is -0.456 e. The highest BCUT2D eigenvalue weighted by Gasteiger charge is 2.19. The number of benzene rings is 9. The monoisotopic (exact) mass is 700 g/mol. The average Bonchev–Trinajstić information content (AvgIpc) is 3.64. The third-order valence-electron chi connectivity index (χ3n) is 10.9. The summed E-state index contributed by atoms with van der Waals surface area (Å²) in [5.74, 6) is 0.681. The molecule has 0 unspecified atom stereocenters. The SMILES string of the molecule is c1ccc(-c2ccc(-c3nc(-c4ccccc4-c4ccc5oc6ccccc6c5c4)cc(-c4c5ccccc5cc5c4ccc4ccccc45)n3)cc2)cc1. The maximum Gasteiger partial charge on any atom is 0.160 e. The van der Waals surface area contributed by atoms with Crippen LogP contribution >= 0.6 is 0 Å². The molecule has 3 nitrogen and oxygen atoms in total. The number of hydrogen-bond acceptors (Lipinski definition) is 3. The summed E-state index contributed by atoms with van der Waals surface area (Å²) in [6, 6.07) is 68.6. The molecule has 3 heteroatoms. The van der Waals surface area contributed by atoms with Gasteiger partial charge in [0, 0.05) is 27.5 Å². The number of hydrogen-bond donors (Lipinski definition) is 0. The fraction of sp³-hybridized carbons (Fsp3) is 0. The largest absolute Gasteiger partial charge is 0.456 e. The zero-order chi connectivity index (χ0) is 36.3. The van der Waals surface area contributed by atoms with Gasteiger partial charge in [0.2, 0.25) is 0 Å². The van der Waals surface area contributed by atoms with Crippen molar-refractivity contribution in [2.24, 2.45) is 0 Å². The lowest BCUT2D eigenvalue weighted by Gasteiger charge is -2.16. The summed E-state index contributed by atoms with van der Waals surface area (Å²) in [4.78, 5) is 10.8. The van der Waals surface area contributed by atoms with Gasteiger partial charge in [-0.2, -0.15) is 0 Å². The second-order valence-corrected chi connectivity index (χ2v) is 14.1. The first kappa shape index (κ1) is 31.2. The van der Waals surface area contributed by atoms with Gasteiger partial charge < -0.3 is 4.42 Å². The van der Waals surface area contributed by atoms with Crippen LogP contribution in [0.25, 0.3) is 110 Å². The fourth-order valence-corrected chi connectivity index (χ4v) is 8.23. The smallest absolute Gasteiger partial charge is 0.160 e. The number of nitrogens with zero attached hydrogens (tertiary/aromatic N) is 2. The molecule has 256 valence electrons. The Morgan fingerprint density at radius 2 is 0.927 bits per heavy atom. The van der Waals surface area contributed by atoms with Crippen LogP contribution in [-0.4, -0.2) is 9.97 Å². The van der Waals surface area contributed by atoms with Crippen LogP contribution in [0.4, 0.5) is 0 Å². The third-order valence-corrected chi connectivity index (χ3v) is 10.9. The zero-order valence-electron chi connectivity index (χ0n) is 29.8. The van der Waals surface area contributed by atoms with Gasteiger partial charge >= 0.3 is 0 Å². The molecular weight excluding hydrogens is 669 g/mol. The first-order valence-electron chi connectivity index (χ1n) is 18.6. The predicted molar refractivity (Wildman–Crippen MR) is 229 cm³/mol.